The number of hydrogen-bond acceptors (Lipinski definition) is 8. The van der Waals surface area contributed by atoms with E-state index in [1.165, 1.54) is 0 Å². The van der Waals surface area contributed by atoms with Crippen molar-refractivity contribution in [1.29, 1.82) is 0 Å². The molecule has 3 aromatic rings. The van der Waals surface area contributed by atoms with E-state index in [0.29, 0.717) is 25.1 Å². The number of carbonyl (C=O) groups excluding carboxylic acids is 1. The molecule has 1 saturated heterocycles. The summed E-state index contributed by atoms with van der Waals surface area (Å²) in [5.41, 5.74) is 4.07. The lowest BCUT2D eigenvalue weighted by Gasteiger charge is -2.38. The number of carboxylic acid groups (broad SMARTS) is 1. The van der Waals surface area contributed by atoms with Gasteiger partial charge in [-0.15, -0.1) is 0 Å². The number of ether oxygens (including phenoxy) is 2. The molecule has 10 nitrogen and oxygen atoms in total. The van der Waals surface area contributed by atoms with Gasteiger partial charge in [0.2, 0.25) is 5.91 Å². The largest absolute Gasteiger partial charge is 0.508 e. The molecule has 0 aliphatic carbocycles. The first-order chi connectivity index (χ1) is 20.2. The first kappa shape index (κ1) is 31.1. The van der Waals surface area contributed by atoms with E-state index in [0.717, 1.165) is 22.3 Å². The van der Waals surface area contributed by atoms with Crippen molar-refractivity contribution in [3.63, 3.8) is 0 Å². The van der Waals surface area contributed by atoms with E-state index in [4.69, 9.17) is 14.6 Å². The third kappa shape index (κ3) is 9.10. The number of nitrogens with zero attached hydrogens (tertiary/aromatic N) is 1. The predicted octanol–water partition coefficient (Wildman–Crippen LogP) is 3.58. The Hall–Kier alpha value is -3.80. The Bertz CT molecular complexity index is 1310. The molecule has 1 heterocycles. The lowest BCUT2D eigenvalue weighted by atomic mass is 9.99. The van der Waals surface area contributed by atoms with E-state index in [-0.39, 0.29) is 49.9 Å². The number of nitrogens with one attached hydrogen (secondary N) is 1. The van der Waals surface area contributed by atoms with Crippen molar-refractivity contribution in [3.8, 4) is 5.75 Å². The fourth-order valence-corrected chi connectivity index (χ4v) is 4.89. The van der Waals surface area contributed by atoms with E-state index in [9.17, 15) is 24.9 Å². The Morgan fingerprint density at radius 3 is 2.33 bits per heavy atom. The summed E-state index contributed by atoms with van der Waals surface area (Å²) < 4.78 is 12.8. The van der Waals surface area contributed by atoms with E-state index in [2.05, 4.69) is 5.32 Å². The number of carboxylic acids is 1. The van der Waals surface area contributed by atoms with Gasteiger partial charge in [-0.2, -0.15) is 0 Å². The van der Waals surface area contributed by atoms with Crippen LogP contribution >= 0.6 is 0 Å². The summed E-state index contributed by atoms with van der Waals surface area (Å²) >= 11 is 0. The lowest BCUT2D eigenvalue weighted by molar-refractivity contribution is -0.252. The average molecular weight is 579 g/mol. The maximum absolute atomic E-state index is 11.9. The number of likely N-dealkylation sites (N-methyl/N-ethyl adjacent to an activating group) is 1. The van der Waals surface area contributed by atoms with Gasteiger partial charge < -0.3 is 40.1 Å². The topological polar surface area (TPSA) is 149 Å². The molecule has 10 heteroatoms. The molecule has 0 saturated carbocycles. The second kappa shape index (κ2) is 14.9. The second-order valence-corrected chi connectivity index (χ2v) is 10.6. The van der Waals surface area contributed by atoms with Gasteiger partial charge in [0.1, 0.15) is 5.75 Å². The number of phenolic OH excluding ortho intramolecular Hbond substituents is 1. The quantitative estimate of drug-likeness (QED) is 0.205. The van der Waals surface area contributed by atoms with Gasteiger partial charge in [0, 0.05) is 38.0 Å². The summed E-state index contributed by atoms with van der Waals surface area (Å²) in [6, 6.07) is 21.7. The summed E-state index contributed by atoms with van der Waals surface area (Å²) in [7, 11) is 1.91. The summed E-state index contributed by atoms with van der Waals surface area (Å²) in [4.78, 5) is 24.5. The molecule has 224 valence electrons. The summed E-state index contributed by atoms with van der Waals surface area (Å²) in [6.45, 7) is 1.11. The third-order valence-corrected chi connectivity index (χ3v) is 7.18. The third-order valence-electron chi connectivity index (χ3n) is 7.18. The highest BCUT2D eigenvalue weighted by atomic mass is 16.7. The maximum Gasteiger partial charge on any atom is 0.303 e. The number of aromatic hydroxyl groups is 1. The summed E-state index contributed by atoms with van der Waals surface area (Å²) in [5, 5.41) is 41.4. The molecule has 1 amide bonds. The lowest BCUT2D eigenvalue weighted by Crippen LogP contribution is -2.39. The number of carbonyl (C=O) groups is 2. The van der Waals surface area contributed by atoms with Crippen LogP contribution in [0.2, 0.25) is 0 Å². The molecule has 3 aromatic carbocycles. The van der Waals surface area contributed by atoms with Crippen molar-refractivity contribution in [2.45, 2.75) is 57.0 Å². The Morgan fingerprint density at radius 2 is 1.67 bits per heavy atom. The summed E-state index contributed by atoms with van der Waals surface area (Å²) in [5.74, 6) is -1.23. The number of hydrogen-bond donors (Lipinski definition) is 5. The van der Waals surface area contributed by atoms with Crippen molar-refractivity contribution in [1.82, 2.24) is 10.2 Å². The Labute approximate surface area is 245 Å². The predicted molar refractivity (Wildman–Crippen MR) is 154 cm³/mol. The number of rotatable bonds is 13. The molecule has 1 fully saturated rings. The minimum Gasteiger partial charge on any atom is -0.508 e. The highest BCUT2D eigenvalue weighted by Crippen LogP contribution is 2.38. The zero-order valence-corrected chi connectivity index (χ0v) is 23.6. The number of aliphatic hydroxyl groups excluding tert-OH is 2. The molecule has 0 spiro atoms. The SMILES string of the molecule is CN(C[C@@H]1C[C@H](c2ccc(CO)cc2)O[C@H](c2ccc(CNC(=O)CCC(=O)O)cc2)O1)C[C@@H](O)c1cccc(O)c1. The van der Waals surface area contributed by atoms with Crippen LogP contribution < -0.4 is 5.32 Å². The molecule has 0 unspecified atom stereocenters. The molecule has 0 radical (unpaired) electrons. The standard InChI is InChI=1S/C32H38N2O8/c1-34(19-28(37)25-3-2-4-26(36)15-25)18-27-16-29(23-9-7-22(20-35)8-10-23)42-32(41-27)24-11-5-21(6-12-24)17-33-30(38)13-14-31(39)40/h2-12,15,27-29,32,35-37H,13-14,16-20H2,1H3,(H,33,38)(H,39,40)/t27-,28+,29+,32+/m0/s1. The van der Waals surface area contributed by atoms with Crippen molar-refractivity contribution in [3.05, 3.63) is 101 Å². The van der Waals surface area contributed by atoms with Crippen LogP contribution in [-0.2, 0) is 32.2 Å². The van der Waals surface area contributed by atoms with Gasteiger partial charge in [0.05, 0.1) is 31.3 Å². The van der Waals surface area contributed by atoms with Crippen LogP contribution in [0.25, 0.3) is 0 Å². The van der Waals surface area contributed by atoms with E-state index >= 15 is 0 Å². The molecular weight excluding hydrogens is 540 g/mol. The van der Waals surface area contributed by atoms with Gasteiger partial charge in [0.15, 0.2) is 6.29 Å². The fourth-order valence-electron chi connectivity index (χ4n) is 4.89. The molecule has 4 atom stereocenters. The number of benzene rings is 3. The average Bonchev–Trinajstić information content (AvgIpc) is 2.99. The number of amides is 1. The smallest absolute Gasteiger partial charge is 0.303 e. The van der Waals surface area contributed by atoms with Gasteiger partial charge in [-0.25, -0.2) is 0 Å². The Morgan fingerprint density at radius 1 is 0.976 bits per heavy atom. The normalized spacial score (nSPS) is 19.4. The zero-order valence-electron chi connectivity index (χ0n) is 23.6. The number of aliphatic carboxylic acids is 1. The Balaban J connectivity index is 1.43. The van der Waals surface area contributed by atoms with Gasteiger partial charge in [-0.05, 0) is 41.4 Å². The monoisotopic (exact) mass is 578 g/mol. The fraction of sp³-hybridized carbons (Fsp3) is 0.375. The van der Waals surface area contributed by atoms with Crippen molar-refractivity contribution >= 4 is 11.9 Å². The van der Waals surface area contributed by atoms with Crippen LogP contribution in [0, 0.1) is 0 Å². The molecule has 1 aliphatic rings. The Kier molecular flexibility index (Phi) is 11.0. The van der Waals surface area contributed by atoms with Crippen molar-refractivity contribution < 1.29 is 39.5 Å². The number of aliphatic hydroxyl groups is 2. The molecule has 1 aliphatic heterocycles. The minimum absolute atomic E-state index is 0.0428. The van der Waals surface area contributed by atoms with Crippen LogP contribution in [0.5, 0.6) is 5.75 Å². The highest BCUT2D eigenvalue weighted by molar-refractivity contribution is 5.80. The van der Waals surface area contributed by atoms with E-state index < -0.39 is 18.4 Å². The highest BCUT2D eigenvalue weighted by Gasteiger charge is 2.33. The first-order valence-corrected chi connectivity index (χ1v) is 13.9. The van der Waals surface area contributed by atoms with E-state index in [1.54, 1.807) is 24.3 Å². The van der Waals surface area contributed by atoms with Gasteiger partial charge >= 0.3 is 5.97 Å². The van der Waals surface area contributed by atoms with Gasteiger partial charge in [-0.1, -0.05) is 60.7 Å². The molecule has 0 aromatic heterocycles. The van der Waals surface area contributed by atoms with Crippen molar-refractivity contribution in [2.24, 2.45) is 0 Å². The van der Waals surface area contributed by atoms with Gasteiger partial charge in [-0.3, -0.25) is 9.59 Å². The number of phenols is 1. The zero-order chi connectivity index (χ0) is 30.1. The van der Waals surface area contributed by atoms with Crippen LogP contribution in [-0.4, -0.2) is 63.4 Å². The molecule has 42 heavy (non-hydrogen) atoms. The van der Waals surface area contributed by atoms with Crippen LogP contribution in [0.4, 0.5) is 0 Å². The van der Waals surface area contributed by atoms with Gasteiger partial charge in [0.25, 0.3) is 0 Å². The molecular formula is C32H38N2O8. The first-order valence-electron chi connectivity index (χ1n) is 13.9. The second-order valence-electron chi connectivity index (χ2n) is 10.6. The van der Waals surface area contributed by atoms with E-state index in [1.807, 2.05) is 60.5 Å². The summed E-state index contributed by atoms with van der Waals surface area (Å²) in [6.07, 6.45) is -1.62. The molecule has 0 bridgehead atoms. The minimum atomic E-state index is -1.01. The van der Waals surface area contributed by atoms with Crippen LogP contribution in [0.3, 0.4) is 0 Å². The molecule has 5 N–H and O–H groups in total. The van der Waals surface area contributed by atoms with Crippen LogP contribution in [0.1, 0.15) is 65.6 Å². The molecule has 4 rings (SSSR count). The van der Waals surface area contributed by atoms with Crippen LogP contribution in [0.15, 0.2) is 72.8 Å². The van der Waals surface area contributed by atoms with Crippen molar-refractivity contribution in [2.75, 3.05) is 20.1 Å². The maximum atomic E-state index is 11.9.